The van der Waals surface area contributed by atoms with Crippen LogP contribution in [0.4, 0.5) is 0 Å². The highest BCUT2D eigenvalue weighted by atomic mass is 32.1. The Bertz CT molecular complexity index is 701. The first-order valence-electron chi connectivity index (χ1n) is 8.13. The van der Waals surface area contributed by atoms with Crippen molar-refractivity contribution in [2.24, 2.45) is 5.92 Å². The van der Waals surface area contributed by atoms with Crippen molar-refractivity contribution in [1.29, 1.82) is 0 Å². The van der Waals surface area contributed by atoms with E-state index >= 15 is 0 Å². The zero-order valence-corrected chi connectivity index (χ0v) is 14.8. The van der Waals surface area contributed by atoms with Gasteiger partial charge in [0.2, 0.25) is 0 Å². The molecule has 1 aliphatic rings. The fourth-order valence-electron chi connectivity index (χ4n) is 2.94. The SMILES string of the molecule is COc1cccc(OC[C@H]2CCCN(C(=O)c3scnc3C)C2)c1. The first kappa shape index (κ1) is 16.8. The molecule has 6 heteroatoms. The highest BCUT2D eigenvalue weighted by molar-refractivity contribution is 7.11. The van der Waals surface area contributed by atoms with Crippen molar-refractivity contribution in [2.45, 2.75) is 19.8 Å². The minimum Gasteiger partial charge on any atom is -0.497 e. The van der Waals surface area contributed by atoms with Crippen molar-refractivity contribution in [3.8, 4) is 11.5 Å². The Morgan fingerprint density at radius 3 is 3.00 bits per heavy atom. The van der Waals surface area contributed by atoms with Crippen LogP contribution >= 0.6 is 11.3 Å². The third kappa shape index (κ3) is 3.87. The number of methoxy groups -OCH3 is 1. The zero-order chi connectivity index (χ0) is 16.9. The Balaban J connectivity index is 1.57. The molecule has 0 aliphatic carbocycles. The normalized spacial score (nSPS) is 17.6. The van der Waals surface area contributed by atoms with Crippen LogP contribution in [0.1, 0.15) is 28.2 Å². The van der Waals surface area contributed by atoms with Gasteiger partial charge in [0, 0.05) is 25.1 Å². The molecule has 1 aromatic carbocycles. The van der Waals surface area contributed by atoms with Crippen LogP contribution in [0.3, 0.4) is 0 Å². The minimum atomic E-state index is 0.0982. The summed E-state index contributed by atoms with van der Waals surface area (Å²) < 4.78 is 11.1. The van der Waals surface area contributed by atoms with E-state index in [1.807, 2.05) is 36.1 Å². The number of likely N-dealkylation sites (tertiary alicyclic amines) is 1. The van der Waals surface area contributed by atoms with Gasteiger partial charge in [-0.15, -0.1) is 11.3 Å². The second-order valence-corrected chi connectivity index (χ2v) is 6.87. The molecule has 5 nitrogen and oxygen atoms in total. The molecule has 24 heavy (non-hydrogen) atoms. The molecule has 0 saturated carbocycles. The van der Waals surface area contributed by atoms with Crippen LogP contribution in [0.25, 0.3) is 0 Å². The van der Waals surface area contributed by atoms with Crippen molar-refractivity contribution >= 4 is 17.2 Å². The van der Waals surface area contributed by atoms with Crippen LogP contribution in [0.5, 0.6) is 11.5 Å². The molecule has 1 amide bonds. The van der Waals surface area contributed by atoms with E-state index in [4.69, 9.17) is 9.47 Å². The number of nitrogens with zero attached hydrogens (tertiary/aromatic N) is 2. The molecular formula is C18H22N2O3S. The minimum absolute atomic E-state index is 0.0982. The summed E-state index contributed by atoms with van der Waals surface area (Å²) >= 11 is 1.42. The maximum absolute atomic E-state index is 12.6. The van der Waals surface area contributed by atoms with Crippen LogP contribution in [-0.2, 0) is 0 Å². The molecule has 0 radical (unpaired) electrons. The highest BCUT2D eigenvalue weighted by Gasteiger charge is 2.26. The highest BCUT2D eigenvalue weighted by Crippen LogP contribution is 2.24. The maximum Gasteiger partial charge on any atom is 0.265 e. The van der Waals surface area contributed by atoms with E-state index in [1.54, 1.807) is 12.6 Å². The summed E-state index contributed by atoms with van der Waals surface area (Å²) in [5.41, 5.74) is 2.55. The number of carbonyl (C=O) groups is 1. The zero-order valence-electron chi connectivity index (χ0n) is 14.0. The third-order valence-corrected chi connectivity index (χ3v) is 5.19. The van der Waals surface area contributed by atoms with Gasteiger partial charge in [-0.1, -0.05) is 6.07 Å². The predicted octanol–water partition coefficient (Wildman–Crippen LogP) is 3.39. The van der Waals surface area contributed by atoms with Gasteiger partial charge in [-0.3, -0.25) is 4.79 Å². The number of hydrogen-bond acceptors (Lipinski definition) is 5. The van der Waals surface area contributed by atoms with Gasteiger partial charge in [0.15, 0.2) is 0 Å². The van der Waals surface area contributed by atoms with Crippen molar-refractivity contribution in [1.82, 2.24) is 9.88 Å². The number of ether oxygens (including phenoxy) is 2. The Morgan fingerprint density at radius 1 is 1.42 bits per heavy atom. The van der Waals surface area contributed by atoms with Gasteiger partial charge >= 0.3 is 0 Å². The van der Waals surface area contributed by atoms with Crippen LogP contribution < -0.4 is 9.47 Å². The number of carbonyl (C=O) groups excluding carboxylic acids is 1. The lowest BCUT2D eigenvalue weighted by Crippen LogP contribution is -2.41. The molecule has 2 aromatic rings. The molecule has 2 heterocycles. The summed E-state index contributed by atoms with van der Waals surface area (Å²) in [4.78, 5) is 19.5. The first-order valence-corrected chi connectivity index (χ1v) is 9.01. The van der Waals surface area contributed by atoms with Gasteiger partial charge in [0.25, 0.3) is 5.91 Å². The van der Waals surface area contributed by atoms with Gasteiger partial charge in [0.1, 0.15) is 16.4 Å². The van der Waals surface area contributed by atoms with Crippen molar-refractivity contribution in [3.63, 3.8) is 0 Å². The molecular weight excluding hydrogens is 324 g/mol. The monoisotopic (exact) mass is 346 g/mol. The second-order valence-electron chi connectivity index (χ2n) is 6.02. The smallest absolute Gasteiger partial charge is 0.265 e. The molecule has 0 spiro atoms. The van der Waals surface area contributed by atoms with E-state index in [0.717, 1.165) is 48.0 Å². The maximum atomic E-state index is 12.6. The van der Waals surface area contributed by atoms with Crippen molar-refractivity contribution in [2.75, 3.05) is 26.8 Å². The van der Waals surface area contributed by atoms with Crippen LogP contribution in [0.2, 0.25) is 0 Å². The van der Waals surface area contributed by atoms with E-state index in [1.165, 1.54) is 11.3 Å². The topological polar surface area (TPSA) is 51.7 Å². The van der Waals surface area contributed by atoms with E-state index < -0.39 is 0 Å². The van der Waals surface area contributed by atoms with E-state index in [2.05, 4.69) is 4.98 Å². The van der Waals surface area contributed by atoms with Gasteiger partial charge in [-0.05, 0) is 31.9 Å². The number of benzene rings is 1. The lowest BCUT2D eigenvalue weighted by Gasteiger charge is -2.32. The number of thiazole rings is 1. The van der Waals surface area contributed by atoms with Crippen molar-refractivity contribution in [3.05, 3.63) is 40.3 Å². The average molecular weight is 346 g/mol. The third-order valence-electron chi connectivity index (χ3n) is 4.27. The molecule has 0 unspecified atom stereocenters. The second kappa shape index (κ2) is 7.66. The number of amides is 1. The molecule has 1 aliphatic heterocycles. The Morgan fingerprint density at radius 2 is 2.25 bits per heavy atom. The number of hydrogen-bond donors (Lipinski definition) is 0. The number of piperidine rings is 1. The van der Waals surface area contributed by atoms with E-state index in [9.17, 15) is 4.79 Å². The van der Waals surface area contributed by atoms with E-state index in [-0.39, 0.29) is 5.91 Å². The van der Waals surface area contributed by atoms with Gasteiger partial charge < -0.3 is 14.4 Å². The van der Waals surface area contributed by atoms with Crippen LogP contribution in [0, 0.1) is 12.8 Å². The molecule has 128 valence electrons. The predicted molar refractivity (Wildman–Crippen MR) is 94.0 cm³/mol. The molecule has 0 bridgehead atoms. The summed E-state index contributed by atoms with van der Waals surface area (Å²) in [5, 5.41) is 0. The van der Waals surface area contributed by atoms with Crippen molar-refractivity contribution < 1.29 is 14.3 Å². The average Bonchev–Trinajstić information content (AvgIpc) is 3.05. The largest absolute Gasteiger partial charge is 0.497 e. The van der Waals surface area contributed by atoms with Crippen LogP contribution in [-0.4, -0.2) is 42.6 Å². The Labute approximate surface area is 146 Å². The Hall–Kier alpha value is -2.08. The van der Waals surface area contributed by atoms with Gasteiger partial charge in [0.05, 0.1) is 24.9 Å². The molecule has 0 N–H and O–H groups in total. The van der Waals surface area contributed by atoms with E-state index in [0.29, 0.717) is 12.5 Å². The summed E-state index contributed by atoms with van der Waals surface area (Å²) in [6.45, 7) is 4.04. The van der Waals surface area contributed by atoms with Crippen LogP contribution in [0.15, 0.2) is 29.8 Å². The standard InChI is InChI=1S/C18H22N2O3S/c1-13-17(24-12-19-13)18(21)20-8-4-5-14(10-20)11-23-16-7-3-6-15(9-16)22-2/h3,6-7,9,12,14H,4-5,8,10-11H2,1-2H3/t14-/m0/s1. The lowest BCUT2D eigenvalue weighted by atomic mass is 9.98. The number of aryl methyl sites for hydroxylation is 1. The number of rotatable bonds is 5. The van der Waals surface area contributed by atoms with Gasteiger partial charge in [-0.2, -0.15) is 0 Å². The molecule has 1 atom stereocenters. The quantitative estimate of drug-likeness (QED) is 0.833. The summed E-state index contributed by atoms with van der Waals surface area (Å²) in [5.74, 6) is 2.04. The Kier molecular flexibility index (Phi) is 5.35. The summed E-state index contributed by atoms with van der Waals surface area (Å²) in [6.07, 6.45) is 2.09. The number of aromatic nitrogens is 1. The molecule has 1 saturated heterocycles. The molecule has 3 rings (SSSR count). The molecule has 1 aromatic heterocycles. The summed E-state index contributed by atoms with van der Waals surface area (Å²) in [6, 6.07) is 7.62. The summed E-state index contributed by atoms with van der Waals surface area (Å²) in [7, 11) is 1.64. The fraction of sp³-hybridized carbons (Fsp3) is 0.444. The molecule has 1 fully saturated rings. The first-order chi connectivity index (χ1) is 11.7. The lowest BCUT2D eigenvalue weighted by molar-refractivity contribution is 0.0637. The van der Waals surface area contributed by atoms with Gasteiger partial charge in [-0.25, -0.2) is 4.98 Å². The fourth-order valence-corrected chi connectivity index (χ4v) is 3.71.